The van der Waals surface area contributed by atoms with Crippen LogP contribution < -0.4 is 15.7 Å². The molecule has 2 atom stereocenters. The Hall–Kier alpha value is -3.14. The fourth-order valence-electron chi connectivity index (χ4n) is 5.89. The molecule has 1 aromatic heterocycles. The molecule has 3 aromatic rings. The highest BCUT2D eigenvalue weighted by Crippen LogP contribution is 2.47. The van der Waals surface area contributed by atoms with E-state index in [4.69, 9.17) is 4.74 Å². The van der Waals surface area contributed by atoms with Crippen LogP contribution >= 0.6 is 18.9 Å². The molecule has 2 aromatic carbocycles. The number of hydrogen-bond acceptors (Lipinski definition) is 7. The van der Waals surface area contributed by atoms with E-state index in [1.807, 2.05) is 24.3 Å². The van der Waals surface area contributed by atoms with Gasteiger partial charge in [-0.3, -0.25) is 19.3 Å². The summed E-state index contributed by atoms with van der Waals surface area (Å²) in [6, 6.07) is 9.35. The standard InChI is InChI=1S/C28H28F2N3O5PS/c1-3-39(37,4-2)20-13-32-25(27(35)26(20)34)28(36)31-11-12-38-14-22(31)33(32)24-16-9-10-19(29)23(30)18(16)15-40-21-8-6-5-7-17(21)24/h5-10,13,22,24,35H,3-4,11-12,14-15H2,1-2H3/t22-,24?/m1/s1. The zero-order valence-electron chi connectivity index (χ0n) is 22.0. The highest BCUT2D eigenvalue weighted by molar-refractivity contribution is 7.98. The Morgan fingerprint density at radius 2 is 1.85 bits per heavy atom. The molecule has 3 aliphatic rings. The summed E-state index contributed by atoms with van der Waals surface area (Å²) >= 11 is 1.38. The van der Waals surface area contributed by atoms with Crippen molar-refractivity contribution in [3.05, 3.63) is 86.8 Å². The number of hydrogen-bond donors (Lipinski definition) is 1. The number of pyridine rings is 1. The number of aromatic nitrogens is 1. The maximum absolute atomic E-state index is 15.3. The topological polar surface area (TPSA) is 92.1 Å². The molecule has 0 bridgehead atoms. The van der Waals surface area contributed by atoms with Crippen molar-refractivity contribution in [3.8, 4) is 5.75 Å². The fraction of sp³-hybridized carbons (Fsp3) is 0.357. The van der Waals surface area contributed by atoms with Crippen LogP contribution in [0.5, 0.6) is 5.75 Å². The van der Waals surface area contributed by atoms with Crippen molar-refractivity contribution in [2.24, 2.45) is 0 Å². The molecule has 40 heavy (non-hydrogen) atoms. The molecule has 0 radical (unpaired) electrons. The highest BCUT2D eigenvalue weighted by atomic mass is 32.2. The van der Waals surface area contributed by atoms with Crippen LogP contribution in [0.1, 0.15) is 47.1 Å². The van der Waals surface area contributed by atoms with Gasteiger partial charge in [0.1, 0.15) is 13.3 Å². The van der Waals surface area contributed by atoms with Gasteiger partial charge in [0.05, 0.1) is 24.6 Å². The molecule has 3 aliphatic heterocycles. The van der Waals surface area contributed by atoms with E-state index in [1.165, 1.54) is 33.6 Å². The third-order valence-corrected chi connectivity index (χ3v) is 12.5. The Morgan fingerprint density at radius 3 is 2.60 bits per heavy atom. The van der Waals surface area contributed by atoms with Gasteiger partial charge < -0.3 is 19.3 Å². The molecule has 210 valence electrons. The van der Waals surface area contributed by atoms with Crippen LogP contribution in [0.3, 0.4) is 0 Å². The average molecular weight is 588 g/mol. The van der Waals surface area contributed by atoms with E-state index >= 15 is 4.39 Å². The second-order valence-electron chi connectivity index (χ2n) is 10.00. The lowest BCUT2D eigenvalue weighted by Crippen LogP contribution is -2.66. The van der Waals surface area contributed by atoms with E-state index in [0.29, 0.717) is 5.56 Å². The number of halogens is 2. The maximum atomic E-state index is 15.3. The largest absolute Gasteiger partial charge is 0.502 e. The minimum Gasteiger partial charge on any atom is -0.502 e. The van der Waals surface area contributed by atoms with Crippen molar-refractivity contribution in [1.29, 1.82) is 0 Å². The van der Waals surface area contributed by atoms with Crippen LogP contribution in [-0.2, 0) is 15.1 Å². The zero-order chi connectivity index (χ0) is 28.3. The first-order chi connectivity index (χ1) is 19.2. The number of aromatic hydroxyl groups is 1. The number of carbonyl (C=O) groups is 1. The Labute approximate surface area is 233 Å². The molecule has 0 spiro atoms. The summed E-state index contributed by atoms with van der Waals surface area (Å²) in [6.45, 7) is 3.99. The first-order valence-corrected chi connectivity index (χ1v) is 16.2. The van der Waals surface area contributed by atoms with Crippen molar-refractivity contribution in [1.82, 2.24) is 9.58 Å². The molecule has 1 saturated heterocycles. The highest BCUT2D eigenvalue weighted by Gasteiger charge is 2.47. The predicted octanol–water partition coefficient (Wildman–Crippen LogP) is 4.01. The number of rotatable bonds is 4. The van der Waals surface area contributed by atoms with Crippen molar-refractivity contribution in [3.63, 3.8) is 0 Å². The van der Waals surface area contributed by atoms with E-state index < -0.39 is 48.1 Å². The van der Waals surface area contributed by atoms with E-state index in [-0.39, 0.29) is 54.4 Å². The molecule has 1 amide bonds. The van der Waals surface area contributed by atoms with Gasteiger partial charge in [0.25, 0.3) is 5.91 Å². The summed E-state index contributed by atoms with van der Waals surface area (Å²) in [6.07, 6.45) is 1.07. The molecule has 8 nitrogen and oxygen atoms in total. The Kier molecular flexibility index (Phi) is 6.79. The third kappa shape index (κ3) is 3.93. The molecule has 0 saturated carbocycles. The summed E-state index contributed by atoms with van der Waals surface area (Å²) in [5.74, 6) is -3.07. The summed E-state index contributed by atoms with van der Waals surface area (Å²) in [5, 5.41) is 12.9. The lowest BCUT2D eigenvalue weighted by molar-refractivity contribution is -0.0197. The van der Waals surface area contributed by atoms with Crippen LogP contribution in [0.25, 0.3) is 0 Å². The minimum absolute atomic E-state index is 0.0523. The van der Waals surface area contributed by atoms with E-state index in [0.717, 1.165) is 16.5 Å². The van der Waals surface area contributed by atoms with E-state index in [2.05, 4.69) is 0 Å². The number of amides is 1. The van der Waals surface area contributed by atoms with Gasteiger partial charge in [0.2, 0.25) is 5.43 Å². The SMILES string of the molecule is CCP(=O)(CC)c1cn2c(c(O)c1=O)C(=O)N1CCOC[C@H]1N2C1c2ccccc2SCc2c1ccc(F)c2F. The van der Waals surface area contributed by atoms with Gasteiger partial charge in [-0.2, -0.15) is 0 Å². The molecular weight excluding hydrogens is 559 g/mol. The van der Waals surface area contributed by atoms with Gasteiger partial charge >= 0.3 is 0 Å². The lowest BCUT2D eigenvalue weighted by atomic mass is 9.93. The summed E-state index contributed by atoms with van der Waals surface area (Å²) in [5.41, 5.74) is 0.354. The first-order valence-electron chi connectivity index (χ1n) is 13.1. The Bertz CT molecular complexity index is 1640. The van der Waals surface area contributed by atoms with Gasteiger partial charge in [0, 0.05) is 41.3 Å². The Balaban J connectivity index is 1.71. The van der Waals surface area contributed by atoms with Crippen molar-refractivity contribution >= 4 is 30.1 Å². The van der Waals surface area contributed by atoms with Crippen molar-refractivity contribution in [2.75, 3.05) is 37.1 Å². The fourth-order valence-corrected chi connectivity index (χ4v) is 8.92. The summed E-state index contributed by atoms with van der Waals surface area (Å²) < 4.78 is 50.8. The molecule has 0 aliphatic carbocycles. The number of fused-ring (bicyclic) bond motifs is 4. The van der Waals surface area contributed by atoms with Gasteiger partial charge in [0.15, 0.2) is 23.1 Å². The second-order valence-corrected chi connectivity index (χ2v) is 14.5. The van der Waals surface area contributed by atoms with Crippen LogP contribution in [0.15, 0.2) is 52.3 Å². The van der Waals surface area contributed by atoms with Gasteiger partial charge in [-0.25, -0.2) is 8.78 Å². The molecular formula is C28H28F2N3O5PS. The van der Waals surface area contributed by atoms with Crippen LogP contribution in [0.4, 0.5) is 8.78 Å². The molecule has 4 heterocycles. The number of thioether (sulfide) groups is 1. The Morgan fingerprint density at radius 1 is 1.10 bits per heavy atom. The number of morpholine rings is 1. The average Bonchev–Trinajstić information content (AvgIpc) is 3.14. The maximum Gasteiger partial charge on any atom is 0.278 e. The number of ether oxygens (including phenoxy) is 1. The van der Waals surface area contributed by atoms with Crippen molar-refractivity contribution < 1.29 is 28.0 Å². The van der Waals surface area contributed by atoms with Crippen LogP contribution in [0.2, 0.25) is 0 Å². The molecule has 1 fully saturated rings. The summed E-state index contributed by atoms with van der Waals surface area (Å²) in [4.78, 5) is 29.5. The quantitative estimate of drug-likeness (QED) is 0.462. The van der Waals surface area contributed by atoms with Gasteiger partial charge in [-0.15, -0.1) is 11.8 Å². The lowest BCUT2D eigenvalue weighted by Gasteiger charge is -2.51. The van der Waals surface area contributed by atoms with Crippen LogP contribution in [-0.4, -0.2) is 58.8 Å². The zero-order valence-corrected chi connectivity index (χ0v) is 23.7. The molecule has 12 heteroatoms. The second kappa shape index (κ2) is 10.0. The van der Waals surface area contributed by atoms with Crippen LogP contribution in [0, 0.1) is 11.6 Å². The normalized spacial score (nSPS) is 20.4. The monoisotopic (exact) mass is 587 g/mol. The molecule has 1 N–H and O–H groups in total. The smallest absolute Gasteiger partial charge is 0.278 e. The number of nitrogens with zero attached hydrogens (tertiary/aromatic N) is 3. The first kappa shape index (κ1) is 27.1. The third-order valence-electron chi connectivity index (χ3n) is 8.10. The van der Waals surface area contributed by atoms with Crippen molar-refractivity contribution in [2.45, 2.75) is 36.7 Å². The summed E-state index contributed by atoms with van der Waals surface area (Å²) in [7, 11) is -3.21. The molecule has 6 rings (SSSR count). The minimum atomic E-state index is -3.21. The van der Waals surface area contributed by atoms with Gasteiger partial charge in [-0.1, -0.05) is 38.1 Å². The van der Waals surface area contributed by atoms with E-state index in [1.54, 1.807) is 18.9 Å². The number of benzene rings is 2. The van der Waals surface area contributed by atoms with Gasteiger partial charge in [-0.05, 0) is 23.3 Å². The number of carbonyl (C=O) groups excluding carboxylic acids is 1. The van der Waals surface area contributed by atoms with E-state index in [9.17, 15) is 23.7 Å². The predicted molar refractivity (Wildman–Crippen MR) is 149 cm³/mol. The molecule has 1 unspecified atom stereocenters.